The van der Waals surface area contributed by atoms with Crippen LogP contribution in [0.5, 0.6) is 11.5 Å². The standard InChI is InChI=1S/C15H18O5/c1-18-13-8-7-10(9-14(13)19-2)15(17)20-12-6-4-3-5-11(12)16/h7-9,12H,3-6H2,1-2H3/t12-/m1/s1. The summed E-state index contributed by atoms with van der Waals surface area (Å²) in [6.45, 7) is 0. The van der Waals surface area contributed by atoms with Crippen LogP contribution in [0.15, 0.2) is 18.2 Å². The lowest BCUT2D eigenvalue weighted by atomic mass is 9.96. The third-order valence-corrected chi connectivity index (χ3v) is 3.37. The van der Waals surface area contributed by atoms with Crippen molar-refractivity contribution < 1.29 is 23.8 Å². The van der Waals surface area contributed by atoms with Crippen LogP contribution in [0.2, 0.25) is 0 Å². The quantitative estimate of drug-likeness (QED) is 0.791. The van der Waals surface area contributed by atoms with Crippen molar-refractivity contribution in [1.82, 2.24) is 0 Å². The van der Waals surface area contributed by atoms with Crippen molar-refractivity contribution in [3.63, 3.8) is 0 Å². The summed E-state index contributed by atoms with van der Waals surface area (Å²) in [5.74, 6) is 0.492. The van der Waals surface area contributed by atoms with Gasteiger partial charge < -0.3 is 14.2 Å². The van der Waals surface area contributed by atoms with Gasteiger partial charge in [-0.3, -0.25) is 4.79 Å². The number of carbonyl (C=O) groups is 2. The zero-order valence-corrected chi connectivity index (χ0v) is 11.7. The van der Waals surface area contributed by atoms with Crippen LogP contribution in [-0.4, -0.2) is 32.1 Å². The molecule has 5 nitrogen and oxygen atoms in total. The van der Waals surface area contributed by atoms with Crippen molar-refractivity contribution in [2.24, 2.45) is 0 Å². The summed E-state index contributed by atoms with van der Waals surface area (Å²) in [5, 5.41) is 0. The Kier molecular flexibility index (Phi) is 4.61. The highest BCUT2D eigenvalue weighted by atomic mass is 16.5. The highest BCUT2D eigenvalue weighted by Gasteiger charge is 2.26. The molecule has 1 saturated carbocycles. The van der Waals surface area contributed by atoms with Crippen LogP contribution in [0.4, 0.5) is 0 Å². The fourth-order valence-corrected chi connectivity index (χ4v) is 2.24. The highest BCUT2D eigenvalue weighted by Crippen LogP contribution is 2.28. The average molecular weight is 278 g/mol. The fraction of sp³-hybridized carbons (Fsp3) is 0.467. The first-order valence-electron chi connectivity index (χ1n) is 6.61. The Morgan fingerprint density at radius 1 is 1.15 bits per heavy atom. The van der Waals surface area contributed by atoms with E-state index in [1.807, 2.05) is 0 Å². The van der Waals surface area contributed by atoms with E-state index in [1.165, 1.54) is 14.2 Å². The molecule has 1 aliphatic rings. The first kappa shape index (κ1) is 14.4. The van der Waals surface area contributed by atoms with Crippen LogP contribution in [0.3, 0.4) is 0 Å². The molecule has 0 unspecified atom stereocenters. The number of carbonyl (C=O) groups excluding carboxylic acids is 2. The van der Waals surface area contributed by atoms with E-state index in [9.17, 15) is 9.59 Å². The lowest BCUT2D eigenvalue weighted by Crippen LogP contribution is -2.30. The van der Waals surface area contributed by atoms with Gasteiger partial charge in [0.2, 0.25) is 0 Å². The van der Waals surface area contributed by atoms with Gasteiger partial charge in [-0.1, -0.05) is 0 Å². The van der Waals surface area contributed by atoms with Gasteiger partial charge in [-0.05, 0) is 37.5 Å². The minimum atomic E-state index is -0.607. The van der Waals surface area contributed by atoms with Crippen molar-refractivity contribution in [3.05, 3.63) is 23.8 Å². The largest absolute Gasteiger partial charge is 0.493 e. The summed E-state index contributed by atoms with van der Waals surface area (Å²) >= 11 is 0. The molecule has 0 aromatic heterocycles. The zero-order chi connectivity index (χ0) is 14.5. The smallest absolute Gasteiger partial charge is 0.338 e. The molecule has 1 atom stereocenters. The van der Waals surface area contributed by atoms with Gasteiger partial charge in [0, 0.05) is 6.42 Å². The van der Waals surface area contributed by atoms with Gasteiger partial charge in [0.1, 0.15) is 0 Å². The molecule has 1 aromatic rings. The zero-order valence-electron chi connectivity index (χ0n) is 11.7. The summed E-state index contributed by atoms with van der Waals surface area (Å²) in [5.41, 5.74) is 0.348. The van der Waals surface area contributed by atoms with Crippen LogP contribution < -0.4 is 9.47 Å². The Balaban J connectivity index is 2.10. The van der Waals surface area contributed by atoms with Gasteiger partial charge in [0.25, 0.3) is 0 Å². The van der Waals surface area contributed by atoms with Crippen LogP contribution in [-0.2, 0) is 9.53 Å². The fourth-order valence-electron chi connectivity index (χ4n) is 2.24. The van der Waals surface area contributed by atoms with Gasteiger partial charge >= 0.3 is 5.97 Å². The Morgan fingerprint density at radius 3 is 2.55 bits per heavy atom. The molecule has 1 aliphatic carbocycles. The topological polar surface area (TPSA) is 61.8 Å². The molecule has 0 spiro atoms. The van der Waals surface area contributed by atoms with E-state index in [-0.39, 0.29) is 5.78 Å². The SMILES string of the molecule is COc1ccc(C(=O)O[C@@H]2CCCCC2=O)cc1OC. The predicted molar refractivity (Wildman–Crippen MR) is 72.2 cm³/mol. The van der Waals surface area contributed by atoms with Crippen molar-refractivity contribution >= 4 is 11.8 Å². The van der Waals surface area contributed by atoms with Crippen LogP contribution in [0.1, 0.15) is 36.0 Å². The molecule has 1 fully saturated rings. The van der Waals surface area contributed by atoms with Crippen molar-refractivity contribution in [1.29, 1.82) is 0 Å². The molecule has 20 heavy (non-hydrogen) atoms. The number of ether oxygens (including phenoxy) is 3. The average Bonchev–Trinajstić information content (AvgIpc) is 2.48. The van der Waals surface area contributed by atoms with Crippen molar-refractivity contribution in [3.8, 4) is 11.5 Å². The van der Waals surface area contributed by atoms with Crippen LogP contribution >= 0.6 is 0 Å². The van der Waals surface area contributed by atoms with E-state index in [0.29, 0.717) is 29.9 Å². The third kappa shape index (κ3) is 3.10. The lowest BCUT2D eigenvalue weighted by molar-refractivity contribution is -0.129. The maximum absolute atomic E-state index is 12.1. The molecule has 0 heterocycles. The maximum Gasteiger partial charge on any atom is 0.338 e. The van der Waals surface area contributed by atoms with Crippen molar-refractivity contribution in [2.45, 2.75) is 31.8 Å². The second-order valence-electron chi connectivity index (χ2n) is 4.68. The molecule has 1 aromatic carbocycles. The molecule has 0 radical (unpaired) electrons. The Labute approximate surface area is 117 Å². The molecule has 0 N–H and O–H groups in total. The Hall–Kier alpha value is -2.04. The number of ketones is 1. The van der Waals surface area contributed by atoms with Gasteiger partial charge in [0.05, 0.1) is 19.8 Å². The summed E-state index contributed by atoms with van der Waals surface area (Å²) < 4.78 is 15.5. The van der Waals surface area contributed by atoms with Gasteiger partial charge in [0.15, 0.2) is 23.4 Å². The van der Waals surface area contributed by atoms with E-state index in [4.69, 9.17) is 14.2 Å². The first-order valence-corrected chi connectivity index (χ1v) is 6.61. The third-order valence-electron chi connectivity index (χ3n) is 3.37. The molecule has 0 saturated heterocycles. The van der Waals surface area contributed by atoms with E-state index in [0.717, 1.165) is 12.8 Å². The van der Waals surface area contributed by atoms with Gasteiger partial charge in [-0.15, -0.1) is 0 Å². The monoisotopic (exact) mass is 278 g/mol. The van der Waals surface area contributed by atoms with E-state index in [2.05, 4.69) is 0 Å². The molecular weight excluding hydrogens is 260 g/mol. The van der Waals surface area contributed by atoms with E-state index >= 15 is 0 Å². The number of hydrogen-bond donors (Lipinski definition) is 0. The molecule has 0 aliphatic heterocycles. The second-order valence-corrected chi connectivity index (χ2v) is 4.68. The lowest BCUT2D eigenvalue weighted by Gasteiger charge is -2.20. The summed E-state index contributed by atoms with van der Waals surface area (Å²) in [6.07, 6.45) is 2.28. The Bertz CT molecular complexity index is 509. The van der Waals surface area contributed by atoms with Crippen LogP contribution in [0.25, 0.3) is 0 Å². The van der Waals surface area contributed by atoms with Crippen LogP contribution in [0, 0.1) is 0 Å². The molecule has 108 valence electrons. The van der Waals surface area contributed by atoms with Crippen molar-refractivity contribution in [2.75, 3.05) is 14.2 Å². The summed E-state index contributed by atoms with van der Waals surface area (Å²) in [4.78, 5) is 23.7. The molecular formula is C15H18O5. The number of benzene rings is 1. The first-order chi connectivity index (χ1) is 9.65. The number of rotatable bonds is 4. The minimum Gasteiger partial charge on any atom is -0.493 e. The minimum absolute atomic E-state index is 0.00470. The predicted octanol–water partition coefficient (Wildman–Crippen LogP) is 2.37. The normalized spacial score (nSPS) is 18.5. The maximum atomic E-state index is 12.1. The van der Waals surface area contributed by atoms with E-state index < -0.39 is 12.1 Å². The summed E-state index contributed by atoms with van der Waals surface area (Å²) in [6, 6.07) is 4.78. The van der Waals surface area contributed by atoms with Gasteiger partial charge in [-0.2, -0.15) is 0 Å². The number of esters is 1. The van der Waals surface area contributed by atoms with E-state index in [1.54, 1.807) is 18.2 Å². The van der Waals surface area contributed by atoms with Gasteiger partial charge in [-0.25, -0.2) is 4.79 Å². The number of hydrogen-bond acceptors (Lipinski definition) is 5. The Morgan fingerprint density at radius 2 is 1.90 bits per heavy atom. The highest BCUT2D eigenvalue weighted by molar-refractivity contribution is 5.93. The molecule has 0 amide bonds. The second kappa shape index (κ2) is 6.41. The molecule has 0 bridgehead atoms. The number of methoxy groups -OCH3 is 2. The number of Topliss-reactive ketones (excluding diaryl/α,β-unsaturated/α-hetero) is 1. The molecule has 5 heteroatoms. The summed E-state index contributed by atoms with van der Waals surface area (Å²) in [7, 11) is 3.02. The molecule has 2 rings (SSSR count).